The van der Waals surface area contributed by atoms with E-state index in [1.807, 2.05) is 35.7 Å². The maximum Gasteiger partial charge on any atom is 0.202 e. The molecule has 3 aliphatic heterocycles. The number of thioether (sulfide) groups is 2. The first kappa shape index (κ1) is 31.0. The van der Waals surface area contributed by atoms with E-state index in [4.69, 9.17) is 23.2 Å². The first-order chi connectivity index (χ1) is 23.0. The Bertz CT molecular complexity index is 1930. The highest BCUT2D eigenvalue weighted by Gasteiger charge is 2.70. The van der Waals surface area contributed by atoms with Gasteiger partial charge in [0, 0.05) is 38.9 Å². The first-order valence-electron chi connectivity index (χ1n) is 16.3. The number of hydrogen-bond acceptors (Lipinski definition) is 4. The minimum absolute atomic E-state index is 0.445. The van der Waals surface area contributed by atoms with Gasteiger partial charge in [-0.2, -0.15) is 0 Å². The maximum atomic E-state index is 6.50. The van der Waals surface area contributed by atoms with Crippen molar-refractivity contribution in [3.63, 3.8) is 0 Å². The third-order valence-corrected chi connectivity index (χ3v) is 12.9. The van der Waals surface area contributed by atoms with Gasteiger partial charge in [-0.15, -0.1) is 0 Å². The lowest BCUT2D eigenvalue weighted by atomic mass is 10.1. The summed E-state index contributed by atoms with van der Waals surface area (Å²) in [7, 11) is 0. The standard InChI is InChI=1S/C40H36Cl2N3S2/c1-3-43-33-25-29(41)19-22-36(33)46-38(43)24-18-28-16-15-27(39(28)44(31-11-7-5-8-12-31)32-13-9-6-10-14-32)17-21-34-40-45(34,4-2)35-26-30(42)20-23-37(35)47-40/h5-14,17-26,34,40H,3-4,15-16H2,1-2H3/q+1. The molecular formula is C40H36Cl2N3S2+. The van der Waals surface area contributed by atoms with Crippen LogP contribution in [0.25, 0.3) is 0 Å². The molecule has 0 N–H and O–H groups in total. The van der Waals surface area contributed by atoms with Crippen LogP contribution in [0.15, 0.2) is 153 Å². The number of rotatable bonds is 8. The number of quaternary nitrogens is 1. The van der Waals surface area contributed by atoms with E-state index in [2.05, 4.69) is 133 Å². The Balaban J connectivity index is 1.21. The number of fused-ring (bicyclic) bond motifs is 4. The minimum Gasteiger partial charge on any atom is -0.335 e. The van der Waals surface area contributed by atoms with Crippen LogP contribution in [0.3, 0.4) is 0 Å². The number of nitrogens with zero attached hydrogens (tertiary/aromatic N) is 3. The van der Waals surface area contributed by atoms with Gasteiger partial charge in [-0.25, -0.2) is 0 Å². The second kappa shape index (κ2) is 12.6. The van der Waals surface area contributed by atoms with Crippen LogP contribution in [0.5, 0.6) is 0 Å². The lowest BCUT2D eigenvalue weighted by Gasteiger charge is -2.28. The molecule has 4 aliphatic rings. The van der Waals surface area contributed by atoms with E-state index >= 15 is 0 Å². The number of halogens is 2. The van der Waals surface area contributed by atoms with E-state index < -0.39 is 0 Å². The van der Waals surface area contributed by atoms with E-state index in [1.54, 1.807) is 0 Å². The van der Waals surface area contributed by atoms with Crippen molar-refractivity contribution in [1.82, 2.24) is 4.48 Å². The maximum absolute atomic E-state index is 6.50. The molecule has 1 aliphatic carbocycles. The van der Waals surface area contributed by atoms with Crippen molar-refractivity contribution in [3.05, 3.63) is 153 Å². The number of para-hydroxylation sites is 2. The fraction of sp³-hybridized carbons (Fsp3) is 0.200. The molecule has 0 aromatic heterocycles. The minimum atomic E-state index is 0.445. The van der Waals surface area contributed by atoms with Crippen molar-refractivity contribution in [2.24, 2.45) is 0 Å². The normalized spacial score (nSPS) is 24.4. The molecule has 3 atom stereocenters. The smallest absolute Gasteiger partial charge is 0.202 e. The van der Waals surface area contributed by atoms with Crippen molar-refractivity contribution in [1.29, 1.82) is 0 Å². The Hall–Kier alpha value is -3.32. The predicted octanol–water partition coefficient (Wildman–Crippen LogP) is 12.0. The van der Waals surface area contributed by atoms with Crippen molar-refractivity contribution in [2.75, 3.05) is 22.9 Å². The van der Waals surface area contributed by atoms with Crippen LogP contribution in [0.4, 0.5) is 22.7 Å². The Morgan fingerprint density at radius 2 is 1.51 bits per heavy atom. The molecule has 8 rings (SSSR count). The average molecular weight is 694 g/mol. The first-order valence-corrected chi connectivity index (χ1v) is 18.8. The van der Waals surface area contributed by atoms with Crippen LogP contribution in [0.2, 0.25) is 10.0 Å². The van der Waals surface area contributed by atoms with Gasteiger partial charge in [0.25, 0.3) is 0 Å². The van der Waals surface area contributed by atoms with Gasteiger partial charge in [-0.1, -0.05) is 83.5 Å². The zero-order chi connectivity index (χ0) is 32.1. The van der Waals surface area contributed by atoms with Crippen molar-refractivity contribution in [2.45, 2.75) is 47.9 Å². The molecule has 4 aromatic carbocycles. The van der Waals surface area contributed by atoms with Crippen LogP contribution < -0.4 is 14.3 Å². The van der Waals surface area contributed by atoms with Gasteiger partial charge in [0.1, 0.15) is 5.69 Å². The number of allylic oxidation sites excluding steroid dienone is 5. The van der Waals surface area contributed by atoms with Crippen LogP contribution >= 0.6 is 46.7 Å². The molecule has 3 unspecified atom stereocenters. The van der Waals surface area contributed by atoms with Crippen molar-refractivity contribution >= 4 is 69.5 Å². The Labute approximate surface area is 296 Å². The molecule has 0 spiro atoms. The Morgan fingerprint density at radius 3 is 2.19 bits per heavy atom. The number of benzene rings is 4. The third kappa shape index (κ3) is 5.37. The second-order valence-corrected chi connectivity index (χ2v) is 15.3. The van der Waals surface area contributed by atoms with Crippen LogP contribution in [-0.4, -0.2) is 24.5 Å². The van der Waals surface area contributed by atoms with Crippen molar-refractivity contribution < 1.29 is 0 Å². The highest BCUT2D eigenvalue weighted by molar-refractivity contribution is 8.03. The largest absolute Gasteiger partial charge is 0.335 e. The van der Waals surface area contributed by atoms with E-state index in [-0.39, 0.29) is 0 Å². The SMILES string of the molecule is CCN1C(=CC=C2CCC(C=CC3C4Sc5ccc(Cl)cc5[N+]34CC)=C2N(c2ccccc2)c2ccccc2)Sc2ccc(Cl)cc21. The number of hydrogen-bond donors (Lipinski definition) is 0. The van der Waals surface area contributed by atoms with E-state index in [9.17, 15) is 0 Å². The Kier molecular flexibility index (Phi) is 8.31. The number of likely N-dealkylation sites (N-methyl/N-ethyl adjacent to an activating group) is 1. The molecule has 3 heterocycles. The quantitative estimate of drug-likeness (QED) is 0.134. The summed E-state index contributed by atoms with van der Waals surface area (Å²) in [6, 6.07) is 34.6. The lowest BCUT2D eigenvalue weighted by Crippen LogP contribution is -2.28. The summed E-state index contributed by atoms with van der Waals surface area (Å²) in [6.45, 7) is 6.46. The summed E-state index contributed by atoms with van der Waals surface area (Å²) in [4.78, 5) is 7.44. The van der Waals surface area contributed by atoms with Gasteiger partial charge in [0.2, 0.25) is 5.37 Å². The molecule has 0 amide bonds. The Morgan fingerprint density at radius 1 is 0.830 bits per heavy atom. The summed E-state index contributed by atoms with van der Waals surface area (Å²) in [5.41, 5.74) is 8.89. The molecule has 4 aromatic rings. The van der Waals surface area contributed by atoms with Crippen LogP contribution in [0, 0.1) is 0 Å². The van der Waals surface area contributed by atoms with Crippen LogP contribution in [0.1, 0.15) is 26.7 Å². The van der Waals surface area contributed by atoms with Gasteiger partial charge in [-0.05, 0) is 116 Å². The molecule has 1 saturated heterocycles. The molecule has 3 nitrogen and oxygen atoms in total. The number of anilines is 3. The molecule has 236 valence electrons. The monoisotopic (exact) mass is 692 g/mol. The predicted molar refractivity (Wildman–Crippen MR) is 204 cm³/mol. The molecule has 0 saturated carbocycles. The lowest BCUT2D eigenvalue weighted by molar-refractivity contribution is 0.535. The van der Waals surface area contributed by atoms with E-state index in [0.29, 0.717) is 11.4 Å². The third-order valence-electron chi connectivity index (χ3n) is 9.78. The fourth-order valence-corrected chi connectivity index (χ4v) is 10.7. The highest BCUT2D eigenvalue weighted by atomic mass is 35.5. The molecule has 1 fully saturated rings. The molecule has 0 bridgehead atoms. The summed E-state index contributed by atoms with van der Waals surface area (Å²) in [6.07, 6.45) is 11.6. The molecule has 7 heteroatoms. The van der Waals surface area contributed by atoms with E-state index in [0.717, 1.165) is 51.8 Å². The zero-order valence-electron chi connectivity index (χ0n) is 26.4. The van der Waals surface area contributed by atoms with Gasteiger partial charge < -0.3 is 9.80 Å². The summed E-state index contributed by atoms with van der Waals surface area (Å²) in [5.74, 6) is 0. The van der Waals surface area contributed by atoms with Gasteiger partial charge in [-0.3, -0.25) is 4.48 Å². The second-order valence-electron chi connectivity index (χ2n) is 12.3. The summed E-state index contributed by atoms with van der Waals surface area (Å²) < 4.78 is 0.990. The molecule has 47 heavy (non-hydrogen) atoms. The van der Waals surface area contributed by atoms with Gasteiger partial charge in [0.05, 0.1) is 27.9 Å². The fourth-order valence-electron chi connectivity index (χ4n) is 7.49. The highest BCUT2D eigenvalue weighted by Crippen LogP contribution is 2.63. The van der Waals surface area contributed by atoms with Crippen molar-refractivity contribution in [3.8, 4) is 0 Å². The summed E-state index contributed by atoms with van der Waals surface area (Å²) >= 11 is 16.7. The van der Waals surface area contributed by atoms with E-state index in [1.165, 1.54) is 43.0 Å². The molecule has 0 radical (unpaired) electrons. The summed E-state index contributed by atoms with van der Waals surface area (Å²) in [5, 5.41) is 3.34. The van der Waals surface area contributed by atoms with Gasteiger partial charge in [0.15, 0.2) is 6.04 Å². The van der Waals surface area contributed by atoms with Gasteiger partial charge >= 0.3 is 0 Å². The topological polar surface area (TPSA) is 6.48 Å². The zero-order valence-corrected chi connectivity index (χ0v) is 29.6. The molecular weight excluding hydrogens is 658 g/mol. The average Bonchev–Trinajstić information content (AvgIpc) is 3.36. The van der Waals surface area contributed by atoms with Crippen LogP contribution in [-0.2, 0) is 0 Å².